The number of Topliss-reactive ketones (excluding diaryl/α,β-unsaturated/α-hetero) is 1. The molecule has 7 nitrogen and oxygen atoms in total. The Hall–Kier alpha value is -3.32. The average Bonchev–Trinajstić information content (AvgIpc) is 3.11. The molecule has 0 radical (unpaired) electrons. The van der Waals surface area contributed by atoms with Gasteiger partial charge in [-0.05, 0) is 30.7 Å². The first-order valence-electron chi connectivity index (χ1n) is 8.16. The van der Waals surface area contributed by atoms with Crippen molar-refractivity contribution < 1.29 is 32.6 Å². The number of hydrogen-bond acceptors (Lipinski definition) is 8. The maximum absolute atomic E-state index is 12.3. The number of halogens is 2. The summed E-state index contributed by atoms with van der Waals surface area (Å²) in [5.74, 6) is -2.58. The van der Waals surface area contributed by atoms with Crippen molar-refractivity contribution >= 4 is 29.2 Å². The molecule has 0 fully saturated rings. The topological polar surface area (TPSA) is 98.5 Å². The fourth-order valence-corrected chi connectivity index (χ4v) is 3.05. The lowest BCUT2D eigenvalue weighted by molar-refractivity contribution is -0.143. The number of alkyl halides is 2. The molecule has 152 valence electrons. The zero-order valence-corrected chi connectivity index (χ0v) is 16.2. The van der Waals surface area contributed by atoms with Gasteiger partial charge in [-0.1, -0.05) is 6.07 Å². The van der Waals surface area contributed by atoms with Crippen LogP contribution in [-0.2, 0) is 14.3 Å². The van der Waals surface area contributed by atoms with Gasteiger partial charge in [0.05, 0.1) is 13.2 Å². The second-order valence-electron chi connectivity index (χ2n) is 5.59. The fraction of sp³-hybridized carbons (Fsp3) is 0.263. The monoisotopic (exact) mass is 422 g/mol. The van der Waals surface area contributed by atoms with Gasteiger partial charge in [0.15, 0.2) is 29.8 Å². The van der Waals surface area contributed by atoms with Crippen LogP contribution >= 0.6 is 11.3 Å². The van der Waals surface area contributed by atoms with Crippen LogP contribution in [0.15, 0.2) is 29.7 Å². The van der Waals surface area contributed by atoms with Crippen molar-refractivity contribution in [2.24, 2.45) is 0 Å². The minimum absolute atomic E-state index is 0.0617. The molecule has 0 spiro atoms. The number of hydrogen-bond donors (Lipinski definition) is 0. The first kappa shape index (κ1) is 22.0. The smallest absolute Gasteiger partial charge is 0.387 e. The van der Waals surface area contributed by atoms with Crippen LogP contribution in [0, 0.1) is 18.3 Å². The summed E-state index contributed by atoms with van der Waals surface area (Å²) < 4.78 is 38.8. The zero-order chi connectivity index (χ0) is 21.4. The molecule has 29 heavy (non-hydrogen) atoms. The molecule has 10 heteroatoms. The van der Waals surface area contributed by atoms with E-state index in [-0.39, 0.29) is 11.5 Å². The van der Waals surface area contributed by atoms with Crippen molar-refractivity contribution in [3.05, 3.63) is 45.9 Å². The van der Waals surface area contributed by atoms with Gasteiger partial charge in [-0.25, -0.2) is 9.78 Å². The van der Waals surface area contributed by atoms with E-state index in [0.29, 0.717) is 16.3 Å². The molecule has 1 heterocycles. The van der Waals surface area contributed by atoms with Crippen LogP contribution in [0.2, 0.25) is 0 Å². The summed E-state index contributed by atoms with van der Waals surface area (Å²) in [5.41, 5.74) is 1.15. The van der Waals surface area contributed by atoms with Gasteiger partial charge in [-0.3, -0.25) is 4.79 Å². The van der Waals surface area contributed by atoms with Crippen molar-refractivity contribution in [2.45, 2.75) is 19.5 Å². The van der Waals surface area contributed by atoms with E-state index in [1.54, 1.807) is 12.3 Å². The highest BCUT2D eigenvalue weighted by Crippen LogP contribution is 2.29. The predicted octanol–water partition coefficient (Wildman–Crippen LogP) is 3.49. The highest BCUT2D eigenvalue weighted by molar-refractivity contribution is 7.09. The molecule has 0 aliphatic rings. The van der Waals surface area contributed by atoms with Gasteiger partial charge in [-0.2, -0.15) is 14.0 Å². The second kappa shape index (κ2) is 10.3. The molecular formula is C19H16F2N2O5S. The van der Waals surface area contributed by atoms with E-state index in [4.69, 9.17) is 9.47 Å². The number of methoxy groups -OCH3 is 1. The third-order valence-corrected chi connectivity index (χ3v) is 4.53. The lowest BCUT2D eigenvalue weighted by atomic mass is 10.1. The van der Waals surface area contributed by atoms with Crippen LogP contribution in [0.1, 0.15) is 22.2 Å². The number of nitrogens with zero attached hydrogens (tertiary/aromatic N) is 2. The Morgan fingerprint density at radius 3 is 2.69 bits per heavy atom. The molecule has 0 N–H and O–H groups in total. The second-order valence-corrected chi connectivity index (χ2v) is 6.48. The van der Waals surface area contributed by atoms with Crippen LogP contribution in [0.5, 0.6) is 11.5 Å². The van der Waals surface area contributed by atoms with Gasteiger partial charge < -0.3 is 14.2 Å². The molecular weight excluding hydrogens is 406 g/mol. The average molecular weight is 422 g/mol. The van der Waals surface area contributed by atoms with Crippen molar-refractivity contribution in [1.29, 1.82) is 5.26 Å². The maximum atomic E-state index is 12.3. The third kappa shape index (κ3) is 6.36. The SMILES string of the molecule is COc1cc(/C=C/C(=O)OCC(=O)[C@H](C#N)c2nc(C)cs2)ccc1OC(F)F. The van der Waals surface area contributed by atoms with Crippen LogP contribution in [0.4, 0.5) is 8.78 Å². The summed E-state index contributed by atoms with van der Waals surface area (Å²) in [6.07, 6.45) is 2.41. The highest BCUT2D eigenvalue weighted by Gasteiger charge is 2.24. The van der Waals surface area contributed by atoms with Gasteiger partial charge in [0.2, 0.25) is 0 Å². The number of carbonyl (C=O) groups excluding carboxylic acids is 2. The zero-order valence-electron chi connectivity index (χ0n) is 15.4. The van der Waals surface area contributed by atoms with Crippen LogP contribution in [-0.4, -0.2) is 37.1 Å². The molecule has 0 saturated carbocycles. The summed E-state index contributed by atoms with van der Waals surface area (Å²) in [7, 11) is 1.29. The standard InChI is InChI=1S/C19H16F2N2O5S/c1-11-10-29-18(23-11)13(8-22)14(24)9-27-17(25)6-4-12-3-5-15(28-19(20)21)16(7-12)26-2/h3-7,10,13,19H,9H2,1-2H3/b6-4+/t13-/m0/s1. The number of ether oxygens (including phenoxy) is 3. The van der Waals surface area contributed by atoms with Crippen molar-refractivity contribution in [3.8, 4) is 17.6 Å². The summed E-state index contributed by atoms with van der Waals surface area (Å²) in [4.78, 5) is 28.0. The number of rotatable bonds is 9. The molecule has 0 saturated heterocycles. The van der Waals surface area contributed by atoms with E-state index in [1.807, 2.05) is 6.07 Å². The Morgan fingerprint density at radius 1 is 1.34 bits per heavy atom. The largest absolute Gasteiger partial charge is 0.493 e. The first-order chi connectivity index (χ1) is 13.8. The quantitative estimate of drug-likeness (QED) is 0.451. The lowest BCUT2D eigenvalue weighted by Crippen LogP contribution is -2.19. The Balaban J connectivity index is 1.95. The number of carbonyl (C=O) groups is 2. The Labute approximate surface area is 169 Å². The molecule has 1 aromatic carbocycles. The number of aryl methyl sites for hydroxylation is 1. The number of ketones is 1. The number of nitriles is 1. The number of benzene rings is 1. The number of thiazole rings is 1. The van der Waals surface area contributed by atoms with Crippen molar-refractivity contribution in [1.82, 2.24) is 4.98 Å². The first-order valence-corrected chi connectivity index (χ1v) is 9.04. The Bertz CT molecular complexity index is 952. The van der Waals surface area contributed by atoms with Crippen LogP contribution in [0.25, 0.3) is 6.08 Å². The predicted molar refractivity (Wildman–Crippen MR) is 99.8 cm³/mol. The lowest BCUT2D eigenvalue weighted by Gasteiger charge is -2.10. The van der Waals surface area contributed by atoms with Crippen molar-refractivity contribution in [2.75, 3.05) is 13.7 Å². The minimum atomic E-state index is -3.00. The molecule has 2 aromatic rings. The van der Waals surface area contributed by atoms with E-state index >= 15 is 0 Å². The number of aromatic nitrogens is 1. The number of esters is 1. The van der Waals surface area contributed by atoms with E-state index < -0.39 is 30.9 Å². The summed E-state index contributed by atoms with van der Waals surface area (Å²) in [6, 6.07) is 5.95. The molecule has 1 aromatic heterocycles. The van der Waals surface area contributed by atoms with E-state index in [2.05, 4.69) is 9.72 Å². The normalized spacial score (nSPS) is 11.9. The van der Waals surface area contributed by atoms with Gasteiger partial charge in [0.1, 0.15) is 5.01 Å². The Morgan fingerprint density at radius 2 is 2.10 bits per heavy atom. The van der Waals surface area contributed by atoms with Crippen LogP contribution < -0.4 is 9.47 Å². The van der Waals surface area contributed by atoms with Gasteiger partial charge in [0.25, 0.3) is 0 Å². The molecule has 0 aliphatic carbocycles. The van der Waals surface area contributed by atoms with Crippen molar-refractivity contribution in [3.63, 3.8) is 0 Å². The molecule has 0 bridgehead atoms. The highest BCUT2D eigenvalue weighted by atomic mass is 32.1. The molecule has 2 rings (SSSR count). The fourth-order valence-electron chi connectivity index (χ4n) is 2.19. The molecule has 0 unspecified atom stereocenters. The summed E-state index contributed by atoms with van der Waals surface area (Å²) >= 11 is 1.18. The van der Waals surface area contributed by atoms with E-state index in [9.17, 15) is 23.6 Å². The minimum Gasteiger partial charge on any atom is -0.493 e. The van der Waals surface area contributed by atoms with Gasteiger partial charge in [-0.15, -0.1) is 11.3 Å². The third-order valence-electron chi connectivity index (χ3n) is 3.51. The maximum Gasteiger partial charge on any atom is 0.387 e. The van der Waals surface area contributed by atoms with E-state index in [0.717, 1.165) is 6.08 Å². The van der Waals surface area contributed by atoms with E-state index in [1.165, 1.54) is 42.7 Å². The summed E-state index contributed by atoms with van der Waals surface area (Å²) in [5, 5.41) is 11.2. The molecule has 0 aliphatic heterocycles. The Kier molecular flexibility index (Phi) is 7.79. The molecule has 1 atom stereocenters. The summed E-state index contributed by atoms with van der Waals surface area (Å²) in [6.45, 7) is -1.83. The van der Waals surface area contributed by atoms with Gasteiger partial charge in [0, 0.05) is 17.2 Å². The molecule has 0 amide bonds. The van der Waals surface area contributed by atoms with Gasteiger partial charge >= 0.3 is 12.6 Å². The van der Waals surface area contributed by atoms with Crippen LogP contribution in [0.3, 0.4) is 0 Å².